The van der Waals surface area contributed by atoms with Crippen LogP contribution < -0.4 is 0 Å². The molecule has 98 valence electrons. The third-order valence-corrected chi connectivity index (χ3v) is 2.80. The summed E-state index contributed by atoms with van der Waals surface area (Å²) in [5.41, 5.74) is 2.35. The fraction of sp³-hybridized carbons (Fsp3) is 0.200. The Morgan fingerprint density at radius 2 is 1.84 bits per heavy atom. The maximum atomic E-state index is 13.4. The number of nitrogens with zero attached hydrogens (tertiary/aromatic N) is 2. The van der Waals surface area contributed by atoms with Crippen LogP contribution in [0.4, 0.5) is 4.39 Å². The Hall–Kier alpha value is -2.07. The minimum Gasteiger partial charge on any atom is -0.392 e. The molecule has 1 N–H and O–H groups in total. The second-order valence-electron chi connectivity index (χ2n) is 4.08. The number of aromatic nitrogens is 2. The monoisotopic (exact) mass is 258 g/mol. The lowest BCUT2D eigenvalue weighted by Gasteiger charge is -2.03. The number of halogens is 1. The number of rotatable bonds is 4. The Labute approximate surface area is 111 Å². The van der Waals surface area contributed by atoms with Gasteiger partial charge in [-0.15, -0.1) is 0 Å². The molecule has 0 unspecified atom stereocenters. The Morgan fingerprint density at radius 1 is 1.21 bits per heavy atom. The van der Waals surface area contributed by atoms with Crippen LogP contribution >= 0.6 is 0 Å². The number of aryl methyl sites for hydroxylation is 1. The first kappa shape index (κ1) is 13.4. The highest BCUT2D eigenvalue weighted by atomic mass is 19.1. The number of hydrogen-bond donors (Lipinski definition) is 1. The van der Waals surface area contributed by atoms with E-state index >= 15 is 0 Å². The smallest absolute Gasteiger partial charge is 0.159 e. The number of aliphatic hydroxyl groups is 1. The van der Waals surface area contributed by atoms with Crippen LogP contribution in [-0.2, 0) is 6.42 Å². The van der Waals surface area contributed by atoms with Crippen molar-refractivity contribution in [2.75, 3.05) is 6.61 Å². The van der Waals surface area contributed by atoms with Gasteiger partial charge in [0, 0.05) is 23.5 Å². The van der Waals surface area contributed by atoms with E-state index in [-0.39, 0.29) is 6.61 Å². The Bertz CT molecular complexity index is 562. The Kier molecular flexibility index (Phi) is 4.36. The summed E-state index contributed by atoms with van der Waals surface area (Å²) in [6.45, 7) is 1.73. The van der Waals surface area contributed by atoms with Gasteiger partial charge in [-0.05, 0) is 18.1 Å². The zero-order valence-corrected chi connectivity index (χ0v) is 10.7. The summed E-state index contributed by atoms with van der Waals surface area (Å²) in [5, 5.41) is 8.64. The first-order valence-corrected chi connectivity index (χ1v) is 6.13. The average Bonchev–Trinajstić information content (AvgIpc) is 2.48. The first-order chi connectivity index (χ1) is 9.24. The zero-order chi connectivity index (χ0) is 13.7. The molecule has 3 nitrogen and oxygen atoms in total. The van der Waals surface area contributed by atoms with Gasteiger partial charge in [-0.3, -0.25) is 0 Å². The van der Waals surface area contributed by atoms with Crippen LogP contribution in [0.1, 0.15) is 18.1 Å². The van der Waals surface area contributed by atoms with Crippen molar-refractivity contribution in [3.63, 3.8) is 0 Å². The molecule has 1 aromatic heterocycles. The molecule has 19 heavy (non-hydrogen) atoms. The van der Waals surface area contributed by atoms with Crippen molar-refractivity contribution in [2.24, 2.45) is 0 Å². The van der Waals surface area contributed by atoms with E-state index in [1.165, 1.54) is 0 Å². The van der Waals surface area contributed by atoms with Gasteiger partial charge < -0.3 is 5.11 Å². The molecule has 1 aromatic carbocycles. The van der Waals surface area contributed by atoms with E-state index in [9.17, 15) is 4.39 Å². The highest BCUT2D eigenvalue weighted by Gasteiger charge is 2.03. The van der Waals surface area contributed by atoms with Gasteiger partial charge in [-0.1, -0.05) is 31.2 Å². The molecule has 2 rings (SSSR count). The van der Waals surface area contributed by atoms with Crippen molar-refractivity contribution >= 4 is 5.83 Å². The number of benzene rings is 1. The predicted octanol–water partition coefficient (Wildman–Crippen LogP) is 3.01. The summed E-state index contributed by atoms with van der Waals surface area (Å²) in [6, 6.07) is 6.82. The summed E-state index contributed by atoms with van der Waals surface area (Å²) in [5.74, 6) is 0.187. The second-order valence-corrected chi connectivity index (χ2v) is 4.08. The Balaban J connectivity index is 2.24. The molecule has 0 fully saturated rings. The normalized spacial score (nSPS) is 11.6. The molecule has 4 heteroatoms. The van der Waals surface area contributed by atoms with Crippen LogP contribution in [0.25, 0.3) is 17.2 Å². The molecular weight excluding hydrogens is 243 g/mol. The summed E-state index contributed by atoms with van der Waals surface area (Å²) in [7, 11) is 0. The van der Waals surface area contributed by atoms with E-state index < -0.39 is 5.83 Å². The topological polar surface area (TPSA) is 46.0 Å². The largest absolute Gasteiger partial charge is 0.392 e. The first-order valence-electron chi connectivity index (χ1n) is 6.13. The van der Waals surface area contributed by atoms with E-state index in [1.807, 2.05) is 6.92 Å². The van der Waals surface area contributed by atoms with Crippen LogP contribution in [0.15, 0.2) is 42.7 Å². The molecule has 0 bridgehead atoms. The van der Waals surface area contributed by atoms with Crippen LogP contribution in [-0.4, -0.2) is 21.7 Å². The molecule has 0 atom stereocenters. The predicted molar refractivity (Wildman–Crippen MR) is 73.0 cm³/mol. The molecule has 0 spiro atoms. The SMILES string of the molecule is CCc1cnc(-c2ccc(/C(F)=C\CO)cc2)nc1. The van der Waals surface area contributed by atoms with Crippen molar-refractivity contribution < 1.29 is 9.50 Å². The fourth-order valence-electron chi connectivity index (χ4n) is 1.66. The average molecular weight is 258 g/mol. The second kappa shape index (κ2) is 6.20. The van der Waals surface area contributed by atoms with Crippen molar-refractivity contribution in [3.05, 3.63) is 53.9 Å². The highest BCUT2D eigenvalue weighted by Crippen LogP contribution is 2.20. The van der Waals surface area contributed by atoms with Crippen molar-refractivity contribution in [2.45, 2.75) is 13.3 Å². The quantitative estimate of drug-likeness (QED) is 0.917. The van der Waals surface area contributed by atoms with Gasteiger partial charge in [0.05, 0.1) is 6.61 Å². The maximum Gasteiger partial charge on any atom is 0.159 e. The molecule has 1 heterocycles. The van der Waals surface area contributed by atoms with Crippen LogP contribution in [0.2, 0.25) is 0 Å². The minimum absolute atomic E-state index is 0.310. The molecular formula is C15H15FN2O. The molecule has 0 aliphatic rings. The van der Waals surface area contributed by atoms with Gasteiger partial charge in [-0.2, -0.15) is 0 Å². The van der Waals surface area contributed by atoms with E-state index in [0.29, 0.717) is 11.4 Å². The third-order valence-electron chi connectivity index (χ3n) is 2.80. The lowest BCUT2D eigenvalue weighted by molar-refractivity contribution is 0.342. The van der Waals surface area contributed by atoms with E-state index in [0.717, 1.165) is 23.6 Å². The zero-order valence-electron chi connectivity index (χ0n) is 10.7. The summed E-state index contributed by atoms with van der Waals surface area (Å²) < 4.78 is 13.4. The number of hydrogen-bond acceptors (Lipinski definition) is 3. The van der Waals surface area contributed by atoms with Crippen LogP contribution in [0.5, 0.6) is 0 Å². The van der Waals surface area contributed by atoms with Gasteiger partial charge in [0.25, 0.3) is 0 Å². The van der Waals surface area contributed by atoms with Crippen LogP contribution in [0, 0.1) is 0 Å². The molecule has 0 saturated heterocycles. The van der Waals surface area contributed by atoms with Gasteiger partial charge >= 0.3 is 0 Å². The molecule has 0 aliphatic heterocycles. The van der Waals surface area contributed by atoms with Gasteiger partial charge in [0.15, 0.2) is 5.82 Å². The molecule has 0 saturated carbocycles. The standard InChI is InChI=1S/C15H15FN2O/c1-2-11-9-17-15(18-10-11)13-5-3-12(4-6-13)14(16)7-8-19/h3-7,9-10,19H,2,8H2,1H3/b14-7+. The van der Waals surface area contributed by atoms with Gasteiger partial charge in [0.2, 0.25) is 0 Å². The van der Waals surface area contributed by atoms with Crippen molar-refractivity contribution in [1.82, 2.24) is 9.97 Å². The van der Waals surface area contributed by atoms with E-state index in [1.54, 1.807) is 36.7 Å². The molecule has 0 amide bonds. The number of aliphatic hydroxyl groups excluding tert-OH is 1. The van der Waals surface area contributed by atoms with E-state index in [2.05, 4.69) is 9.97 Å². The lowest BCUT2D eigenvalue weighted by atomic mass is 10.1. The summed E-state index contributed by atoms with van der Waals surface area (Å²) >= 11 is 0. The Morgan fingerprint density at radius 3 is 2.37 bits per heavy atom. The summed E-state index contributed by atoms with van der Waals surface area (Å²) in [6.07, 6.45) is 5.61. The van der Waals surface area contributed by atoms with Crippen molar-refractivity contribution in [3.8, 4) is 11.4 Å². The molecule has 0 radical (unpaired) electrons. The lowest BCUT2D eigenvalue weighted by Crippen LogP contribution is -1.91. The summed E-state index contributed by atoms with van der Waals surface area (Å²) in [4.78, 5) is 8.54. The highest BCUT2D eigenvalue weighted by molar-refractivity contribution is 5.63. The van der Waals surface area contributed by atoms with Gasteiger partial charge in [0.1, 0.15) is 5.83 Å². The van der Waals surface area contributed by atoms with Gasteiger partial charge in [-0.25, -0.2) is 14.4 Å². The van der Waals surface area contributed by atoms with Crippen LogP contribution in [0.3, 0.4) is 0 Å². The maximum absolute atomic E-state index is 13.4. The molecule has 0 aliphatic carbocycles. The minimum atomic E-state index is -0.434. The van der Waals surface area contributed by atoms with Crippen molar-refractivity contribution in [1.29, 1.82) is 0 Å². The fourth-order valence-corrected chi connectivity index (χ4v) is 1.66. The van der Waals surface area contributed by atoms with E-state index in [4.69, 9.17) is 5.11 Å². The molecule has 2 aromatic rings. The third kappa shape index (κ3) is 3.23.